The van der Waals surface area contributed by atoms with E-state index < -0.39 is 34.3 Å². The highest BCUT2D eigenvalue weighted by Crippen LogP contribution is 2.38. The molecule has 0 spiro atoms. The first kappa shape index (κ1) is 23.7. The number of nitrogens with zero attached hydrogens (tertiary/aromatic N) is 1. The number of para-hydroxylation sites is 2. The Labute approximate surface area is 200 Å². The number of halogens is 3. The molecule has 1 fully saturated rings. The van der Waals surface area contributed by atoms with Crippen LogP contribution in [0.15, 0.2) is 77.7 Å². The van der Waals surface area contributed by atoms with Gasteiger partial charge in [-0.25, -0.2) is 13.1 Å². The smallest absolute Gasteiger partial charge is 0.406 e. The molecule has 1 heterocycles. The third-order valence-electron chi connectivity index (χ3n) is 6.44. The van der Waals surface area contributed by atoms with Crippen molar-refractivity contribution < 1.29 is 31.4 Å². The molecule has 0 saturated heterocycles. The molecule has 0 radical (unpaired) electrons. The Morgan fingerprint density at radius 1 is 0.886 bits per heavy atom. The topological polar surface area (TPSA) is 80.6 Å². The number of sulfonamides is 1. The number of rotatable bonds is 5. The van der Waals surface area contributed by atoms with Crippen LogP contribution in [-0.2, 0) is 10.0 Å². The zero-order valence-electron chi connectivity index (χ0n) is 18.4. The van der Waals surface area contributed by atoms with E-state index in [1.165, 1.54) is 0 Å². The fourth-order valence-corrected chi connectivity index (χ4v) is 6.25. The maximum atomic E-state index is 13.0. The molecule has 1 aliphatic carbocycles. The van der Waals surface area contributed by atoms with Crippen LogP contribution in [0.1, 0.15) is 25.3 Å². The van der Waals surface area contributed by atoms with Crippen LogP contribution in [0, 0.1) is 0 Å². The van der Waals surface area contributed by atoms with Crippen molar-refractivity contribution in [1.82, 2.24) is 9.29 Å². The lowest BCUT2D eigenvalue weighted by Crippen LogP contribution is -2.49. The van der Waals surface area contributed by atoms with Gasteiger partial charge in [0.25, 0.3) is 0 Å². The monoisotopic (exact) mass is 504 g/mol. The Hall–Kier alpha value is -3.08. The van der Waals surface area contributed by atoms with Gasteiger partial charge in [-0.1, -0.05) is 36.4 Å². The van der Waals surface area contributed by atoms with Crippen LogP contribution in [0.4, 0.5) is 13.2 Å². The Balaban J connectivity index is 1.42. The lowest BCUT2D eigenvalue weighted by molar-refractivity contribution is -0.274. The van der Waals surface area contributed by atoms with Gasteiger partial charge in [0.2, 0.25) is 10.0 Å². The Morgan fingerprint density at radius 2 is 1.46 bits per heavy atom. The molecule has 35 heavy (non-hydrogen) atoms. The minimum Gasteiger partial charge on any atom is -0.406 e. The van der Waals surface area contributed by atoms with E-state index in [1.54, 1.807) is 0 Å². The summed E-state index contributed by atoms with van der Waals surface area (Å²) < 4.78 is 71.6. The first-order chi connectivity index (χ1) is 16.6. The van der Waals surface area contributed by atoms with Crippen molar-refractivity contribution in [2.24, 2.45) is 0 Å². The number of alkyl halides is 3. The van der Waals surface area contributed by atoms with Crippen molar-refractivity contribution in [1.29, 1.82) is 0 Å². The molecule has 3 aromatic carbocycles. The number of aliphatic hydroxyl groups excluding tert-OH is 1. The van der Waals surface area contributed by atoms with E-state index in [0.717, 1.165) is 46.1 Å². The predicted molar refractivity (Wildman–Crippen MR) is 126 cm³/mol. The second-order valence-corrected chi connectivity index (χ2v) is 10.4. The highest BCUT2D eigenvalue weighted by molar-refractivity contribution is 7.89. The molecule has 4 aromatic rings. The lowest BCUT2D eigenvalue weighted by atomic mass is 9.88. The van der Waals surface area contributed by atoms with Gasteiger partial charge in [-0.15, -0.1) is 13.2 Å². The molecule has 6 nitrogen and oxygen atoms in total. The second kappa shape index (κ2) is 8.85. The molecule has 0 aliphatic heterocycles. The number of hydrogen-bond donors (Lipinski definition) is 2. The van der Waals surface area contributed by atoms with Crippen LogP contribution in [0.2, 0.25) is 0 Å². The molecule has 1 saturated carbocycles. The van der Waals surface area contributed by atoms with Gasteiger partial charge in [-0.05, 0) is 55.7 Å². The first-order valence-electron chi connectivity index (χ1n) is 11.2. The number of benzene rings is 3. The molecule has 1 aliphatic rings. The molecule has 0 bridgehead atoms. The van der Waals surface area contributed by atoms with Crippen molar-refractivity contribution in [2.45, 2.75) is 48.7 Å². The van der Waals surface area contributed by atoms with Crippen molar-refractivity contribution >= 4 is 31.8 Å². The normalized spacial score (nSPS) is 21.4. The Morgan fingerprint density at radius 3 is 2.03 bits per heavy atom. The zero-order valence-corrected chi connectivity index (χ0v) is 19.3. The van der Waals surface area contributed by atoms with Gasteiger partial charge in [0, 0.05) is 21.8 Å². The summed E-state index contributed by atoms with van der Waals surface area (Å²) >= 11 is 0. The maximum Gasteiger partial charge on any atom is 0.573 e. The number of ether oxygens (including phenoxy) is 1. The highest BCUT2D eigenvalue weighted by atomic mass is 32.2. The minimum absolute atomic E-state index is 0.210. The summed E-state index contributed by atoms with van der Waals surface area (Å²) in [5.74, 6) is -0.513. The highest BCUT2D eigenvalue weighted by Gasteiger charge is 2.37. The van der Waals surface area contributed by atoms with E-state index in [4.69, 9.17) is 0 Å². The molecule has 184 valence electrons. The summed E-state index contributed by atoms with van der Waals surface area (Å²) in [5, 5.41) is 13.4. The molecule has 2 N–H and O–H groups in total. The fraction of sp³-hybridized carbons (Fsp3) is 0.280. The molecule has 1 aromatic heterocycles. The van der Waals surface area contributed by atoms with Gasteiger partial charge in [-0.3, -0.25) is 0 Å². The number of hydrogen-bond acceptors (Lipinski definition) is 4. The quantitative estimate of drug-likeness (QED) is 0.395. The number of nitrogens with one attached hydrogen (secondary N) is 1. The number of aromatic nitrogens is 1. The Bertz CT molecular complexity index is 1410. The summed E-state index contributed by atoms with van der Waals surface area (Å²) in [6.07, 6.45) is -4.08. The third kappa shape index (κ3) is 4.61. The largest absolute Gasteiger partial charge is 0.573 e. The molecule has 5 rings (SSSR count). The van der Waals surface area contributed by atoms with Crippen LogP contribution >= 0.6 is 0 Å². The molecule has 0 amide bonds. The lowest BCUT2D eigenvalue weighted by Gasteiger charge is -2.36. The van der Waals surface area contributed by atoms with Gasteiger partial charge in [-0.2, -0.15) is 0 Å². The average Bonchev–Trinajstić information content (AvgIpc) is 3.14. The van der Waals surface area contributed by atoms with Crippen LogP contribution < -0.4 is 9.46 Å². The summed E-state index contributed by atoms with van der Waals surface area (Å²) in [7, 11) is -4.09. The summed E-state index contributed by atoms with van der Waals surface area (Å²) in [6, 6.07) is 18.7. The molecular weight excluding hydrogens is 481 g/mol. The summed E-state index contributed by atoms with van der Waals surface area (Å²) in [6.45, 7) is 0. The van der Waals surface area contributed by atoms with Gasteiger partial charge in [0.1, 0.15) is 5.75 Å². The van der Waals surface area contributed by atoms with Crippen molar-refractivity contribution in [3.8, 4) is 5.75 Å². The fourth-order valence-electron chi connectivity index (χ4n) is 4.96. The van der Waals surface area contributed by atoms with E-state index in [2.05, 4.69) is 14.0 Å². The van der Waals surface area contributed by atoms with Gasteiger partial charge < -0.3 is 14.4 Å². The standard InChI is InChI=1S/C25H23F3N2O4S/c26-25(27,28)34-16-12-14-17(15-13-16)35(32,33)29-20-8-5-11-23(24(20)31)30-21-9-3-1-6-18(21)19-7-2-4-10-22(19)30/h1-4,6-7,9-10,12-15,20,23-24,29,31H,5,8,11H2/t20-,23+,24+/m0/s1. The predicted octanol–water partition coefficient (Wildman–Crippen LogP) is 5.13. The summed E-state index contributed by atoms with van der Waals surface area (Å²) in [4.78, 5) is -0.210. The third-order valence-corrected chi connectivity index (χ3v) is 7.95. The average molecular weight is 505 g/mol. The van der Waals surface area contributed by atoms with Gasteiger partial charge >= 0.3 is 6.36 Å². The van der Waals surface area contributed by atoms with Crippen molar-refractivity contribution in [3.05, 3.63) is 72.8 Å². The van der Waals surface area contributed by atoms with E-state index in [0.29, 0.717) is 19.3 Å². The van der Waals surface area contributed by atoms with E-state index in [9.17, 15) is 26.7 Å². The van der Waals surface area contributed by atoms with Crippen LogP contribution in [0.25, 0.3) is 21.8 Å². The maximum absolute atomic E-state index is 13.0. The molecule has 0 unspecified atom stereocenters. The number of aliphatic hydroxyl groups is 1. The second-order valence-electron chi connectivity index (χ2n) is 8.64. The zero-order chi connectivity index (χ0) is 24.8. The van der Waals surface area contributed by atoms with Gasteiger partial charge in [0.05, 0.1) is 23.1 Å². The Kier molecular flexibility index (Phi) is 5.98. The van der Waals surface area contributed by atoms with E-state index in [1.807, 2.05) is 48.5 Å². The molecule has 3 atom stereocenters. The first-order valence-corrected chi connectivity index (χ1v) is 12.7. The van der Waals surface area contributed by atoms with Crippen LogP contribution in [0.5, 0.6) is 5.75 Å². The van der Waals surface area contributed by atoms with Crippen LogP contribution in [-0.4, -0.2) is 36.6 Å². The van der Waals surface area contributed by atoms with E-state index >= 15 is 0 Å². The molecular formula is C25H23F3N2O4S. The number of fused-ring (bicyclic) bond motifs is 3. The summed E-state index contributed by atoms with van der Waals surface area (Å²) in [5.41, 5.74) is 1.92. The van der Waals surface area contributed by atoms with Crippen molar-refractivity contribution in [3.63, 3.8) is 0 Å². The SMILES string of the molecule is O=S(=O)(N[C@H]1CCC[C@@H](n2c3ccccc3c3ccccc32)[C@@H]1O)c1ccc(OC(F)(F)F)cc1. The van der Waals surface area contributed by atoms with Crippen molar-refractivity contribution in [2.75, 3.05) is 0 Å². The van der Waals surface area contributed by atoms with E-state index in [-0.39, 0.29) is 10.9 Å². The van der Waals surface area contributed by atoms with Crippen LogP contribution in [0.3, 0.4) is 0 Å². The molecule has 10 heteroatoms. The minimum atomic E-state index is -4.87. The van der Waals surface area contributed by atoms with Gasteiger partial charge in [0.15, 0.2) is 0 Å².